The molecule has 0 rings (SSSR count). The first-order valence-corrected chi connectivity index (χ1v) is 3.26. The summed E-state index contributed by atoms with van der Waals surface area (Å²) in [5, 5.41) is 8.35. The quantitative estimate of drug-likeness (QED) is 0.344. The number of hydrogen-bond acceptors (Lipinski definition) is 4. The fourth-order valence-electron chi connectivity index (χ4n) is 0.161. The van der Waals surface area contributed by atoms with E-state index in [2.05, 4.69) is 0 Å². The molecule has 6 heteroatoms. The van der Waals surface area contributed by atoms with Gasteiger partial charge in [-0.05, 0) is 6.08 Å². The molecule has 0 aromatic rings. The van der Waals surface area contributed by atoms with E-state index in [-0.39, 0.29) is 51.4 Å². The van der Waals surface area contributed by atoms with Gasteiger partial charge in [-0.2, -0.15) is 0 Å². The standard InChI is InChI=1S/C3H6O4S.K/c4-2-1-3-8(5,6)7;/h1,3-4H,2H2,(H,5,6,7);/q;+1/p-1/b3-1+;. The first-order chi connectivity index (χ1) is 3.56. The maximum absolute atomic E-state index is 9.64. The summed E-state index contributed by atoms with van der Waals surface area (Å²) in [7, 11) is -4.28. The summed E-state index contributed by atoms with van der Waals surface area (Å²) in [6, 6.07) is 0. The number of aliphatic hydroxyl groups excluding tert-OH is 1. The maximum Gasteiger partial charge on any atom is 1.00 e. The molecule has 0 bridgehead atoms. The summed E-state index contributed by atoms with van der Waals surface area (Å²) in [6.07, 6.45) is 0.863. The van der Waals surface area contributed by atoms with Crippen LogP contribution in [0.5, 0.6) is 0 Å². The van der Waals surface area contributed by atoms with Crippen molar-refractivity contribution < 1.29 is 69.5 Å². The molecule has 48 valence electrons. The van der Waals surface area contributed by atoms with Crippen LogP contribution in [0.4, 0.5) is 0 Å². The van der Waals surface area contributed by atoms with Gasteiger partial charge < -0.3 is 9.66 Å². The van der Waals surface area contributed by atoms with Crippen LogP contribution in [0.15, 0.2) is 11.5 Å². The van der Waals surface area contributed by atoms with E-state index in [0.717, 1.165) is 6.08 Å². The van der Waals surface area contributed by atoms with Crippen LogP contribution in [0.2, 0.25) is 0 Å². The van der Waals surface area contributed by atoms with Crippen molar-refractivity contribution in [3.8, 4) is 0 Å². The van der Waals surface area contributed by atoms with Gasteiger partial charge in [0.2, 0.25) is 0 Å². The maximum atomic E-state index is 9.64. The second-order valence-corrected chi connectivity index (χ2v) is 2.30. The van der Waals surface area contributed by atoms with Crippen LogP contribution >= 0.6 is 0 Å². The average Bonchev–Trinajstić information content (AvgIpc) is 1.59. The van der Waals surface area contributed by atoms with Gasteiger partial charge in [-0.15, -0.1) is 0 Å². The molecule has 0 spiro atoms. The Kier molecular flexibility index (Phi) is 8.57. The van der Waals surface area contributed by atoms with E-state index < -0.39 is 16.7 Å². The third kappa shape index (κ3) is 12.4. The third-order valence-electron chi connectivity index (χ3n) is 0.368. The van der Waals surface area contributed by atoms with Gasteiger partial charge in [0.1, 0.15) is 10.1 Å². The monoisotopic (exact) mass is 176 g/mol. The van der Waals surface area contributed by atoms with Crippen LogP contribution in [-0.4, -0.2) is 24.7 Å². The van der Waals surface area contributed by atoms with E-state index in [0.29, 0.717) is 5.41 Å². The van der Waals surface area contributed by atoms with Crippen molar-refractivity contribution in [1.29, 1.82) is 0 Å². The van der Waals surface area contributed by atoms with Gasteiger partial charge in [-0.25, -0.2) is 8.42 Å². The van der Waals surface area contributed by atoms with Gasteiger partial charge in [-0.3, -0.25) is 0 Å². The van der Waals surface area contributed by atoms with Gasteiger partial charge in [0, 0.05) is 5.41 Å². The summed E-state index contributed by atoms with van der Waals surface area (Å²) in [4.78, 5) is 0. The largest absolute Gasteiger partial charge is 1.00 e. The molecule has 0 atom stereocenters. The summed E-state index contributed by atoms with van der Waals surface area (Å²) >= 11 is 0. The molecular weight excluding hydrogens is 171 g/mol. The molecule has 0 fully saturated rings. The van der Waals surface area contributed by atoms with Gasteiger partial charge in [0.15, 0.2) is 0 Å². The zero-order chi connectivity index (χ0) is 6.62. The molecule has 0 saturated carbocycles. The van der Waals surface area contributed by atoms with E-state index in [1.54, 1.807) is 0 Å². The van der Waals surface area contributed by atoms with Crippen LogP contribution in [0, 0.1) is 0 Å². The van der Waals surface area contributed by atoms with Crippen LogP contribution in [0.25, 0.3) is 0 Å². The van der Waals surface area contributed by atoms with E-state index in [9.17, 15) is 13.0 Å². The Hall–Kier alpha value is 1.25. The molecule has 0 aliphatic rings. The molecule has 0 aromatic heterocycles. The summed E-state index contributed by atoms with van der Waals surface area (Å²) in [5.41, 5.74) is 0. The van der Waals surface area contributed by atoms with E-state index in [1.807, 2.05) is 0 Å². The average molecular weight is 176 g/mol. The first-order valence-electron chi connectivity index (χ1n) is 1.79. The molecule has 0 aliphatic carbocycles. The molecule has 1 N–H and O–H groups in total. The van der Waals surface area contributed by atoms with Gasteiger partial charge >= 0.3 is 51.4 Å². The van der Waals surface area contributed by atoms with E-state index in [1.165, 1.54) is 0 Å². The second kappa shape index (κ2) is 5.99. The SMILES string of the molecule is O=S(=O)([O-])/C=C/CO.[K+]. The van der Waals surface area contributed by atoms with Crippen molar-refractivity contribution in [1.82, 2.24) is 0 Å². The van der Waals surface area contributed by atoms with Gasteiger partial charge in [0.05, 0.1) is 6.61 Å². The topological polar surface area (TPSA) is 77.4 Å². The van der Waals surface area contributed by atoms with E-state index in [4.69, 9.17) is 5.11 Å². The first kappa shape index (κ1) is 12.9. The number of rotatable bonds is 2. The van der Waals surface area contributed by atoms with Crippen molar-refractivity contribution in [3.63, 3.8) is 0 Å². The Bertz CT molecular complexity index is 170. The van der Waals surface area contributed by atoms with Crippen molar-refractivity contribution in [2.75, 3.05) is 6.61 Å². The minimum absolute atomic E-state index is 0. The Balaban J connectivity index is 0. The summed E-state index contributed by atoms with van der Waals surface area (Å²) in [5.74, 6) is 0. The predicted molar refractivity (Wildman–Crippen MR) is 25.9 cm³/mol. The Morgan fingerprint density at radius 2 is 2.00 bits per heavy atom. The van der Waals surface area contributed by atoms with Gasteiger partial charge in [0.25, 0.3) is 0 Å². The smallest absolute Gasteiger partial charge is 0.744 e. The molecule has 9 heavy (non-hydrogen) atoms. The van der Waals surface area contributed by atoms with Crippen LogP contribution < -0.4 is 51.4 Å². The molecule has 0 saturated heterocycles. The predicted octanol–water partition coefficient (Wildman–Crippen LogP) is -3.96. The van der Waals surface area contributed by atoms with Crippen molar-refractivity contribution in [2.45, 2.75) is 0 Å². The third-order valence-corrected chi connectivity index (χ3v) is 0.894. The van der Waals surface area contributed by atoms with Crippen molar-refractivity contribution in [2.24, 2.45) is 0 Å². The molecule has 0 unspecified atom stereocenters. The van der Waals surface area contributed by atoms with Crippen LogP contribution in [0.3, 0.4) is 0 Å². The van der Waals surface area contributed by atoms with Gasteiger partial charge in [-0.1, -0.05) is 0 Å². The van der Waals surface area contributed by atoms with Crippen molar-refractivity contribution in [3.05, 3.63) is 11.5 Å². The second-order valence-electron chi connectivity index (χ2n) is 1.05. The Morgan fingerprint density at radius 3 is 2.11 bits per heavy atom. The van der Waals surface area contributed by atoms with Crippen LogP contribution in [-0.2, 0) is 10.1 Å². The molecular formula is C3H5KO4S. The summed E-state index contributed by atoms with van der Waals surface area (Å²) < 4.78 is 28.9. The minimum atomic E-state index is -4.28. The molecule has 4 nitrogen and oxygen atoms in total. The molecule has 0 radical (unpaired) electrons. The van der Waals surface area contributed by atoms with Crippen molar-refractivity contribution >= 4 is 10.1 Å². The number of aliphatic hydroxyl groups is 1. The molecule has 0 aliphatic heterocycles. The van der Waals surface area contributed by atoms with E-state index >= 15 is 0 Å². The minimum Gasteiger partial charge on any atom is -0.744 e. The fourth-order valence-corrected chi connectivity index (χ4v) is 0.483. The number of hydrogen-bond donors (Lipinski definition) is 1. The molecule has 0 heterocycles. The Morgan fingerprint density at radius 1 is 1.56 bits per heavy atom. The fraction of sp³-hybridized carbons (Fsp3) is 0.333. The normalized spacial score (nSPS) is 11.3. The zero-order valence-corrected chi connectivity index (χ0v) is 8.88. The summed E-state index contributed by atoms with van der Waals surface area (Å²) in [6.45, 7) is -0.429. The molecule has 0 aromatic carbocycles. The van der Waals surface area contributed by atoms with Crippen LogP contribution in [0.1, 0.15) is 0 Å². The molecule has 0 amide bonds. The zero-order valence-electron chi connectivity index (χ0n) is 4.94. The Labute approximate surface area is 96.1 Å².